The Morgan fingerprint density at radius 2 is 1.87 bits per heavy atom. The molecule has 0 saturated heterocycles. The maximum atomic E-state index is 12.4. The second-order valence-electron chi connectivity index (χ2n) is 6.80. The first kappa shape index (κ1) is 19.4. The standard InChI is InChI=1S/C24H22N4O2/c1-30-20-8-2-5-17(15-20)12-14-26-24(29)19-10-11-22(27-16-19)28-21-9-3-6-18-7-4-13-25-23(18)21/h2-11,13,15-16H,12,14H2,1H3,(H,26,29)(H,27,28). The molecule has 0 aliphatic rings. The van der Waals surface area contributed by atoms with Gasteiger partial charge in [-0.1, -0.05) is 30.3 Å². The van der Waals surface area contributed by atoms with Gasteiger partial charge < -0.3 is 15.4 Å². The molecule has 2 aromatic carbocycles. The summed E-state index contributed by atoms with van der Waals surface area (Å²) in [6.07, 6.45) is 4.06. The predicted octanol–water partition coefficient (Wildman–Crippen LogP) is 4.35. The number of carbonyl (C=O) groups is 1. The third-order valence-electron chi connectivity index (χ3n) is 4.75. The lowest BCUT2D eigenvalue weighted by atomic mass is 10.1. The molecule has 2 aromatic heterocycles. The van der Waals surface area contributed by atoms with E-state index in [2.05, 4.69) is 20.6 Å². The highest BCUT2D eigenvalue weighted by Crippen LogP contribution is 2.23. The molecule has 0 bridgehead atoms. The van der Waals surface area contributed by atoms with Crippen molar-refractivity contribution in [2.24, 2.45) is 0 Å². The lowest BCUT2D eigenvalue weighted by molar-refractivity contribution is 0.0954. The Bertz CT molecular complexity index is 1150. The van der Waals surface area contributed by atoms with E-state index in [4.69, 9.17) is 4.74 Å². The number of methoxy groups -OCH3 is 1. The summed E-state index contributed by atoms with van der Waals surface area (Å²) >= 11 is 0. The monoisotopic (exact) mass is 398 g/mol. The molecule has 1 amide bonds. The van der Waals surface area contributed by atoms with E-state index >= 15 is 0 Å². The Morgan fingerprint density at radius 3 is 2.70 bits per heavy atom. The minimum absolute atomic E-state index is 0.149. The van der Waals surface area contributed by atoms with Gasteiger partial charge in [0.15, 0.2) is 0 Å². The van der Waals surface area contributed by atoms with Crippen LogP contribution in [-0.2, 0) is 6.42 Å². The van der Waals surface area contributed by atoms with E-state index in [0.29, 0.717) is 17.9 Å². The predicted molar refractivity (Wildman–Crippen MR) is 118 cm³/mol. The number of carbonyl (C=O) groups excluding carboxylic acids is 1. The zero-order chi connectivity index (χ0) is 20.8. The van der Waals surface area contributed by atoms with Gasteiger partial charge in [0.05, 0.1) is 23.9 Å². The van der Waals surface area contributed by atoms with E-state index in [-0.39, 0.29) is 5.91 Å². The Labute approximate surface area is 175 Å². The van der Waals surface area contributed by atoms with Gasteiger partial charge in [-0.3, -0.25) is 9.78 Å². The van der Waals surface area contributed by atoms with Crippen molar-refractivity contribution < 1.29 is 9.53 Å². The van der Waals surface area contributed by atoms with Crippen molar-refractivity contribution in [3.05, 3.63) is 90.3 Å². The van der Waals surface area contributed by atoms with Gasteiger partial charge in [-0.2, -0.15) is 0 Å². The molecule has 0 fully saturated rings. The van der Waals surface area contributed by atoms with E-state index in [1.165, 1.54) is 0 Å². The Kier molecular flexibility index (Phi) is 5.85. The van der Waals surface area contributed by atoms with E-state index < -0.39 is 0 Å². The molecule has 2 N–H and O–H groups in total. The molecule has 150 valence electrons. The number of aromatic nitrogens is 2. The topological polar surface area (TPSA) is 76.1 Å². The summed E-state index contributed by atoms with van der Waals surface area (Å²) < 4.78 is 5.22. The van der Waals surface area contributed by atoms with E-state index in [1.54, 1.807) is 31.6 Å². The number of rotatable bonds is 7. The van der Waals surface area contributed by atoms with Gasteiger partial charge in [0.25, 0.3) is 5.91 Å². The van der Waals surface area contributed by atoms with E-state index in [9.17, 15) is 4.79 Å². The highest BCUT2D eigenvalue weighted by molar-refractivity contribution is 5.94. The summed E-state index contributed by atoms with van der Waals surface area (Å²) in [4.78, 5) is 21.2. The van der Waals surface area contributed by atoms with Crippen molar-refractivity contribution in [3.8, 4) is 5.75 Å². The second kappa shape index (κ2) is 9.05. The van der Waals surface area contributed by atoms with Gasteiger partial charge in [-0.15, -0.1) is 0 Å². The number of amides is 1. The Morgan fingerprint density at radius 1 is 1.00 bits per heavy atom. The van der Waals surface area contributed by atoms with Gasteiger partial charge in [-0.25, -0.2) is 4.98 Å². The molecular formula is C24H22N4O2. The number of hydrogen-bond donors (Lipinski definition) is 2. The molecule has 0 spiro atoms. The molecule has 0 saturated carbocycles. The second-order valence-corrected chi connectivity index (χ2v) is 6.80. The van der Waals surface area contributed by atoms with Crippen LogP contribution in [0.2, 0.25) is 0 Å². The summed E-state index contributed by atoms with van der Waals surface area (Å²) in [7, 11) is 1.64. The van der Waals surface area contributed by atoms with Crippen LogP contribution in [0.25, 0.3) is 10.9 Å². The van der Waals surface area contributed by atoms with Crippen molar-refractivity contribution >= 4 is 28.3 Å². The normalized spacial score (nSPS) is 10.6. The fourth-order valence-electron chi connectivity index (χ4n) is 3.20. The number of nitrogens with zero attached hydrogens (tertiary/aromatic N) is 2. The first-order chi connectivity index (χ1) is 14.7. The molecule has 4 rings (SSSR count). The highest BCUT2D eigenvalue weighted by atomic mass is 16.5. The number of nitrogens with one attached hydrogen (secondary N) is 2. The minimum Gasteiger partial charge on any atom is -0.497 e. The van der Waals surface area contributed by atoms with Gasteiger partial charge in [0.2, 0.25) is 0 Å². The van der Waals surface area contributed by atoms with Crippen molar-refractivity contribution in [2.75, 3.05) is 19.0 Å². The summed E-state index contributed by atoms with van der Waals surface area (Å²) in [6, 6.07) is 21.2. The number of pyridine rings is 2. The van der Waals surface area contributed by atoms with Crippen LogP contribution in [0.1, 0.15) is 15.9 Å². The molecule has 4 aromatic rings. The zero-order valence-corrected chi connectivity index (χ0v) is 16.6. The van der Waals surface area contributed by atoms with E-state index in [0.717, 1.165) is 34.3 Å². The number of fused-ring (bicyclic) bond motifs is 1. The van der Waals surface area contributed by atoms with Crippen molar-refractivity contribution in [1.82, 2.24) is 15.3 Å². The SMILES string of the molecule is COc1cccc(CCNC(=O)c2ccc(Nc3cccc4cccnc34)nc2)c1. The van der Waals surface area contributed by atoms with Crippen molar-refractivity contribution in [1.29, 1.82) is 0 Å². The van der Waals surface area contributed by atoms with Crippen LogP contribution in [-0.4, -0.2) is 29.5 Å². The number of hydrogen-bond acceptors (Lipinski definition) is 5. The van der Waals surface area contributed by atoms with Gasteiger partial charge >= 0.3 is 0 Å². The van der Waals surface area contributed by atoms with Gasteiger partial charge in [0, 0.05) is 24.3 Å². The van der Waals surface area contributed by atoms with Gasteiger partial charge in [0.1, 0.15) is 11.6 Å². The number of para-hydroxylation sites is 1. The Balaban J connectivity index is 1.36. The zero-order valence-electron chi connectivity index (χ0n) is 16.6. The molecule has 0 aliphatic carbocycles. The first-order valence-corrected chi connectivity index (χ1v) is 9.71. The van der Waals surface area contributed by atoms with Crippen LogP contribution in [0.4, 0.5) is 11.5 Å². The van der Waals surface area contributed by atoms with Crippen LogP contribution in [0.15, 0.2) is 79.1 Å². The molecule has 0 radical (unpaired) electrons. The summed E-state index contributed by atoms with van der Waals surface area (Å²) in [5.74, 6) is 1.32. The molecule has 0 unspecified atom stereocenters. The third kappa shape index (κ3) is 4.55. The minimum atomic E-state index is -0.149. The summed E-state index contributed by atoms with van der Waals surface area (Å²) in [6.45, 7) is 0.535. The van der Waals surface area contributed by atoms with Gasteiger partial charge in [-0.05, 0) is 48.4 Å². The fourth-order valence-corrected chi connectivity index (χ4v) is 3.20. The van der Waals surface area contributed by atoms with E-state index in [1.807, 2.05) is 54.6 Å². The van der Waals surface area contributed by atoms with Crippen LogP contribution in [0, 0.1) is 0 Å². The highest BCUT2D eigenvalue weighted by Gasteiger charge is 2.07. The number of anilines is 2. The third-order valence-corrected chi connectivity index (χ3v) is 4.75. The first-order valence-electron chi connectivity index (χ1n) is 9.71. The molecule has 30 heavy (non-hydrogen) atoms. The molecule has 6 heteroatoms. The molecule has 2 heterocycles. The Hall–Kier alpha value is -3.93. The van der Waals surface area contributed by atoms with Crippen LogP contribution < -0.4 is 15.4 Å². The molecule has 6 nitrogen and oxygen atoms in total. The fraction of sp³-hybridized carbons (Fsp3) is 0.125. The molecule has 0 aliphatic heterocycles. The maximum Gasteiger partial charge on any atom is 0.252 e. The summed E-state index contributed by atoms with van der Waals surface area (Å²) in [5.41, 5.74) is 3.37. The quantitative estimate of drug-likeness (QED) is 0.484. The molecular weight excluding hydrogens is 376 g/mol. The average Bonchev–Trinajstić information content (AvgIpc) is 2.80. The van der Waals surface area contributed by atoms with Crippen molar-refractivity contribution in [2.45, 2.75) is 6.42 Å². The van der Waals surface area contributed by atoms with Crippen LogP contribution >= 0.6 is 0 Å². The lowest BCUT2D eigenvalue weighted by Gasteiger charge is -2.09. The smallest absolute Gasteiger partial charge is 0.252 e. The van der Waals surface area contributed by atoms with Crippen LogP contribution in [0.3, 0.4) is 0 Å². The largest absolute Gasteiger partial charge is 0.497 e. The average molecular weight is 398 g/mol. The number of ether oxygens (including phenoxy) is 1. The summed E-state index contributed by atoms with van der Waals surface area (Å²) in [5, 5.41) is 7.25. The molecule has 0 atom stereocenters. The van der Waals surface area contributed by atoms with Crippen LogP contribution in [0.5, 0.6) is 5.75 Å². The van der Waals surface area contributed by atoms with Crippen molar-refractivity contribution in [3.63, 3.8) is 0 Å². The lowest BCUT2D eigenvalue weighted by Crippen LogP contribution is -2.25. The number of benzene rings is 2. The maximum absolute atomic E-state index is 12.4.